The van der Waals surface area contributed by atoms with Crippen molar-refractivity contribution in [3.63, 3.8) is 0 Å². The standard InChI is InChI=1S/C27H28N6O4S/c1-4-33(5-2)16-19(34)17-36-25-15-22-21(14-23(25)28-3)24(10-11-29-22)37-20-8-6-18(7-9-20)31-26(35)32-27-30-12-13-38-27/h6-15,19,34H,4-5,16-17H2,1-2H3,(H2,30,31,32,35)/t19-/m1/s1. The van der Waals surface area contributed by atoms with E-state index in [1.54, 1.807) is 60.2 Å². The van der Waals surface area contributed by atoms with Crippen LogP contribution in [0, 0.1) is 6.57 Å². The summed E-state index contributed by atoms with van der Waals surface area (Å²) in [7, 11) is 0. The summed E-state index contributed by atoms with van der Waals surface area (Å²) in [6.45, 7) is 13.9. The zero-order valence-electron chi connectivity index (χ0n) is 21.0. The van der Waals surface area contributed by atoms with E-state index in [0.29, 0.717) is 51.2 Å². The first-order valence-corrected chi connectivity index (χ1v) is 13.0. The number of pyridine rings is 1. The van der Waals surface area contributed by atoms with E-state index in [0.717, 1.165) is 13.1 Å². The molecule has 38 heavy (non-hydrogen) atoms. The zero-order chi connectivity index (χ0) is 26.9. The number of ether oxygens (including phenoxy) is 2. The minimum absolute atomic E-state index is 0.0724. The van der Waals surface area contributed by atoms with Gasteiger partial charge in [-0.05, 0) is 55.6 Å². The molecule has 0 aliphatic carbocycles. The summed E-state index contributed by atoms with van der Waals surface area (Å²) in [6, 6.07) is 11.6. The van der Waals surface area contributed by atoms with Crippen LogP contribution in [0.25, 0.3) is 15.7 Å². The van der Waals surface area contributed by atoms with Gasteiger partial charge in [-0.15, -0.1) is 11.3 Å². The van der Waals surface area contributed by atoms with Crippen molar-refractivity contribution in [1.29, 1.82) is 0 Å². The van der Waals surface area contributed by atoms with Crippen LogP contribution in [0.15, 0.2) is 60.2 Å². The molecule has 0 fully saturated rings. The summed E-state index contributed by atoms with van der Waals surface area (Å²) in [4.78, 5) is 26.2. The van der Waals surface area contributed by atoms with Crippen LogP contribution in [0.2, 0.25) is 0 Å². The molecule has 4 aromatic rings. The number of aliphatic hydroxyl groups excluding tert-OH is 1. The molecule has 0 bridgehead atoms. The number of thiazole rings is 1. The summed E-state index contributed by atoms with van der Waals surface area (Å²) in [6.07, 6.45) is 2.55. The van der Waals surface area contributed by atoms with Crippen molar-refractivity contribution in [2.75, 3.05) is 36.9 Å². The number of amides is 2. The fraction of sp³-hybridized carbons (Fsp3) is 0.259. The number of nitrogens with one attached hydrogen (secondary N) is 2. The van der Waals surface area contributed by atoms with E-state index in [4.69, 9.17) is 16.0 Å². The van der Waals surface area contributed by atoms with Crippen LogP contribution in [0.1, 0.15) is 13.8 Å². The monoisotopic (exact) mass is 532 g/mol. The maximum Gasteiger partial charge on any atom is 0.325 e. The van der Waals surface area contributed by atoms with Crippen molar-refractivity contribution in [2.24, 2.45) is 0 Å². The molecular weight excluding hydrogens is 504 g/mol. The molecule has 2 heterocycles. The number of aliphatic hydroxyl groups is 1. The molecule has 1 atom stereocenters. The molecule has 0 saturated carbocycles. The van der Waals surface area contributed by atoms with Gasteiger partial charge in [0.15, 0.2) is 5.13 Å². The van der Waals surface area contributed by atoms with Crippen LogP contribution in [0.5, 0.6) is 17.2 Å². The second-order valence-corrected chi connectivity index (χ2v) is 9.15. The molecule has 0 saturated heterocycles. The number of benzene rings is 2. The molecule has 11 heteroatoms. The molecule has 0 aliphatic heterocycles. The lowest BCUT2D eigenvalue weighted by Crippen LogP contribution is -2.35. The van der Waals surface area contributed by atoms with E-state index in [2.05, 4.69) is 30.3 Å². The molecule has 4 rings (SSSR count). The Morgan fingerprint density at radius 3 is 2.58 bits per heavy atom. The lowest BCUT2D eigenvalue weighted by molar-refractivity contribution is 0.0720. The third kappa shape index (κ3) is 6.95. The fourth-order valence-corrected chi connectivity index (χ4v) is 4.25. The maximum absolute atomic E-state index is 12.1. The Labute approximate surface area is 224 Å². The number of likely N-dealkylation sites (N-methyl/N-ethyl adjacent to an activating group) is 1. The predicted molar refractivity (Wildman–Crippen MR) is 149 cm³/mol. The van der Waals surface area contributed by atoms with Gasteiger partial charge < -0.3 is 24.8 Å². The number of carbonyl (C=O) groups excluding carboxylic acids is 1. The number of urea groups is 1. The van der Waals surface area contributed by atoms with Crippen LogP contribution in [0.3, 0.4) is 0 Å². The average Bonchev–Trinajstić information content (AvgIpc) is 3.44. The van der Waals surface area contributed by atoms with Crippen LogP contribution >= 0.6 is 11.3 Å². The zero-order valence-corrected chi connectivity index (χ0v) is 21.9. The van der Waals surface area contributed by atoms with Gasteiger partial charge in [0.25, 0.3) is 0 Å². The van der Waals surface area contributed by atoms with Crippen molar-refractivity contribution >= 4 is 44.8 Å². The van der Waals surface area contributed by atoms with Gasteiger partial charge in [-0.3, -0.25) is 10.3 Å². The predicted octanol–water partition coefficient (Wildman–Crippen LogP) is 5.76. The lowest BCUT2D eigenvalue weighted by atomic mass is 10.1. The minimum atomic E-state index is -0.678. The molecule has 0 radical (unpaired) electrons. The third-order valence-corrected chi connectivity index (χ3v) is 6.38. The summed E-state index contributed by atoms with van der Waals surface area (Å²) in [5, 5.41) is 18.7. The Kier molecular flexibility index (Phi) is 9.05. The largest absolute Gasteiger partial charge is 0.502 e. The number of hydrogen-bond acceptors (Lipinski definition) is 8. The quantitative estimate of drug-likeness (QED) is 0.211. The molecule has 0 aliphatic rings. The molecule has 10 nitrogen and oxygen atoms in total. The average molecular weight is 533 g/mol. The molecular formula is C27H28N6O4S. The van der Waals surface area contributed by atoms with E-state index in [1.165, 1.54) is 11.3 Å². The molecule has 2 aromatic carbocycles. The van der Waals surface area contributed by atoms with Crippen LogP contribution in [-0.4, -0.2) is 58.4 Å². The Bertz CT molecular complexity index is 1400. The van der Waals surface area contributed by atoms with E-state index in [1.807, 2.05) is 13.8 Å². The topological polar surface area (TPSA) is 113 Å². The van der Waals surface area contributed by atoms with Crippen molar-refractivity contribution in [1.82, 2.24) is 14.9 Å². The van der Waals surface area contributed by atoms with Gasteiger partial charge >= 0.3 is 6.03 Å². The summed E-state index contributed by atoms with van der Waals surface area (Å²) in [5.41, 5.74) is 1.49. The summed E-state index contributed by atoms with van der Waals surface area (Å²) in [5.74, 6) is 1.44. The molecule has 2 amide bonds. The Hall–Kier alpha value is -4.24. The first-order chi connectivity index (χ1) is 18.5. The maximum atomic E-state index is 12.1. The van der Waals surface area contributed by atoms with Gasteiger partial charge in [0, 0.05) is 35.4 Å². The number of nitrogens with zero attached hydrogens (tertiary/aromatic N) is 4. The Balaban J connectivity index is 1.44. The van der Waals surface area contributed by atoms with Gasteiger partial charge in [0.2, 0.25) is 5.69 Å². The number of anilines is 2. The highest BCUT2D eigenvalue weighted by Gasteiger charge is 2.15. The van der Waals surface area contributed by atoms with E-state index in [9.17, 15) is 9.90 Å². The van der Waals surface area contributed by atoms with E-state index >= 15 is 0 Å². The van der Waals surface area contributed by atoms with Gasteiger partial charge in [-0.2, -0.15) is 0 Å². The highest BCUT2D eigenvalue weighted by atomic mass is 32.1. The smallest absolute Gasteiger partial charge is 0.325 e. The summed E-state index contributed by atoms with van der Waals surface area (Å²) < 4.78 is 11.9. The lowest BCUT2D eigenvalue weighted by Gasteiger charge is -2.22. The number of aromatic nitrogens is 2. The van der Waals surface area contributed by atoms with Gasteiger partial charge in [-0.25, -0.2) is 14.6 Å². The highest BCUT2D eigenvalue weighted by molar-refractivity contribution is 7.13. The molecule has 0 unspecified atom stereocenters. The van der Waals surface area contributed by atoms with Crippen molar-refractivity contribution in [3.8, 4) is 17.2 Å². The first-order valence-electron chi connectivity index (χ1n) is 12.1. The SMILES string of the molecule is [C-]#[N+]c1cc2c(Oc3ccc(NC(=O)Nc4nccs4)cc3)ccnc2cc1OC[C@H](O)CN(CC)CC. The molecule has 2 aromatic heterocycles. The van der Waals surface area contributed by atoms with Crippen molar-refractivity contribution < 1.29 is 19.4 Å². The number of hydrogen-bond donors (Lipinski definition) is 3. The van der Waals surface area contributed by atoms with Crippen LogP contribution in [0.4, 0.5) is 21.3 Å². The number of rotatable bonds is 11. The highest BCUT2D eigenvalue weighted by Crippen LogP contribution is 2.37. The minimum Gasteiger partial charge on any atom is -0.502 e. The number of fused-ring (bicyclic) bond motifs is 1. The molecule has 3 N–H and O–H groups in total. The van der Waals surface area contributed by atoms with Crippen LogP contribution in [-0.2, 0) is 0 Å². The Morgan fingerprint density at radius 2 is 1.89 bits per heavy atom. The molecule has 0 spiro atoms. The second-order valence-electron chi connectivity index (χ2n) is 8.25. The number of carbonyl (C=O) groups is 1. The van der Waals surface area contributed by atoms with Gasteiger partial charge in [0.05, 0.1) is 12.1 Å². The Morgan fingerprint density at radius 1 is 1.11 bits per heavy atom. The van der Waals surface area contributed by atoms with Gasteiger partial charge in [0.1, 0.15) is 30.0 Å². The van der Waals surface area contributed by atoms with Crippen molar-refractivity contribution in [3.05, 3.63) is 71.7 Å². The van der Waals surface area contributed by atoms with Crippen LogP contribution < -0.4 is 20.1 Å². The fourth-order valence-electron chi connectivity index (χ4n) is 3.73. The van der Waals surface area contributed by atoms with Gasteiger partial charge in [-0.1, -0.05) is 13.8 Å². The normalized spacial score (nSPS) is 11.7. The first kappa shape index (κ1) is 26.8. The van der Waals surface area contributed by atoms with E-state index in [-0.39, 0.29) is 12.6 Å². The second kappa shape index (κ2) is 12.8. The third-order valence-electron chi connectivity index (χ3n) is 5.69. The summed E-state index contributed by atoms with van der Waals surface area (Å²) >= 11 is 1.33. The van der Waals surface area contributed by atoms with E-state index < -0.39 is 6.10 Å². The molecule has 196 valence electrons. The van der Waals surface area contributed by atoms with Crippen molar-refractivity contribution in [2.45, 2.75) is 20.0 Å².